The molecule has 2 nitrogen and oxygen atoms in total. The zero-order valence-electron chi connectivity index (χ0n) is 10.7. The van der Waals surface area contributed by atoms with Gasteiger partial charge in [-0.2, -0.15) is 0 Å². The van der Waals surface area contributed by atoms with Gasteiger partial charge in [0.25, 0.3) is 0 Å². The van der Waals surface area contributed by atoms with E-state index in [2.05, 4.69) is 13.0 Å². The Hall–Kier alpha value is -0.670. The molecule has 0 aromatic heterocycles. The van der Waals surface area contributed by atoms with Gasteiger partial charge in [-0.3, -0.25) is 4.21 Å². The summed E-state index contributed by atoms with van der Waals surface area (Å²) in [4.78, 5) is 0. The van der Waals surface area contributed by atoms with Crippen LogP contribution in [0.5, 0.6) is 0 Å². The Morgan fingerprint density at radius 1 is 1.24 bits per heavy atom. The summed E-state index contributed by atoms with van der Waals surface area (Å²) >= 11 is -2.00. The first kappa shape index (κ1) is 14.4. The van der Waals surface area contributed by atoms with E-state index in [0.717, 1.165) is 24.0 Å². The van der Waals surface area contributed by atoms with Gasteiger partial charge in [0.15, 0.2) is 0 Å². The van der Waals surface area contributed by atoms with Crippen LogP contribution in [0.25, 0.3) is 0 Å². The van der Waals surface area contributed by atoms with Crippen molar-refractivity contribution in [3.05, 3.63) is 34.9 Å². The van der Waals surface area contributed by atoms with Crippen molar-refractivity contribution < 1.29 is 8.76 Å². The Labute approximate surface area is 107 Å². The van der Waals surface area contributed by atoms with Gasteiger partial charge in [0.05, 0.1) is 0 Å². The van der Waals surface area contributed by atoms with Crippen LogP contribution >= 0.6 is 0 Å². The quantitative estimate of drug-likeness (QED) is 0.551. The fourth-order valence-corrected chi connectivity index (χ4v) is 2.71. The Bertz CT molecular complexity index is 374. The third-order valence-corrected chi connectivity index (χ3v) is 3.59. The lowest BCUT2D eigenvalue weighted by atomic mass is 9.98. The smallest absolute Gasteiger partial charge is 0.0358 e. The summed E-state index contributed by atoms with van der Waals surface area (Å²) in [5.41, 5.74) is 3.28. The van der Waals surface area contributed by atoms with Gasteiger partial charge < -0.3 is 4.55 Å². The summed E-state index contributed by atoms with van der Waals surface area (Å²) in [6.07, 6.45) is 5.86. The summed E-state index contributed by atoms with van der Waals surface area (Å²) in [7, 11) is 0. The molecule has 96 valence electrons. The Balaban J connectivity index is 2.69. The highest BCUT2D eigenvalue weighted by molar-refractivity contribution is 7.78. The first-order valence-corrected chi connectivity index (χ1v) is 7.52. The first-order valence-electron chi connectivity index (χ1n) is 6.28. The molecule has 0 aliphatic rings. The Kier molecular flexibility index (Phi) is 6.45. The van der Waals surface area contributed by atoms with E-state index < -0.39 is 11.1 Å². The number of rotatable bonds is 7. The number of benzene rings is 1. The molecule has 1 unspecified atom stereocenters. The van der Waals surface area contributed by atoms with Crippen LogP contribution in [0.4, 0.5) is 0 Å². The lowest BCUT2D eigenvalue weighted by molar-refractivity contribution is 0.535. The van der Waals surface area contributed by atoms with Gasteiger partial charge in [0.1, 0.15) is 0 Å². The Morgan fingerprint density at radius 2 is 2.00 bits per heavy atom. The van der Waals surface area contributed by atoms with E-state index >= 15 is 0 Å². The molecule has 0 saturated heterocycles. The monoisotopic (exact) mass is 253 g/mol. The van der Waals surface area contributed by atoms with E-state index in [0.29, 0.717) is 0 Å². The minimum absolute atomic E-state index is 0.149. The third-order valence-electron chi connectivity index (χ3n) is 3.07. The fraction of sp³-hybridized carbons (Fsp3) is 0.571. The van der Waals surface area contributed by atoms with Crippen molar-refractivity contribution in [1.82, 2.24) is 0 Å². The standard InChI is InChI=1S/C14H22O2S/c1-3-4-5-6-9-13-10-7-8-12(2)14(13)11-17(15)16/h7-8,10H,3-6,9,11H2,1-2H3,(H,15,16)/p-1. The number of hydrogen-bond donors (Lipinski definition) is 0. The average molecular weight is 253 g/mol. The second-order valence-electron chi connectivity index (χ2n) is 4.47. The molecule has 0 amide bonds. The van der Waals surface area contributed by atoms with Crippen molar-refractivity contribution in [2.24, 2.45) is 0 Å². The van der Waals surface area contributed by atoms with E-state index in [1.165, 1.54) is 24.8 Å². The topological polar surface area (TPSA) is 40.1 Å². The van der Waals surface area contributed by atoms with Crippen LogP contribution < -0.4 is 0 Å². The minimum Gasteiger partial charge on any atom is -0.772 e. The van der Waals surface area contributed by atoms with E-state index in [1.807, 2.05) is 19.1 Å². The Morgan fingerprint density at radius 3 is 2.65 bits per heavy atom. The maximum atomic E-state index is 10.8. The summed E-state index contributed by atoms with van der Waals surface area (Å²) in [6.45, 7) is 4.18. The second-order valence-corrected chi connectivity index (χ2v) is 5.37. The highest BCUT2D eigenvalue weighted by Gasteiger charge is 2.05. The van der Waals surface area contributed by atoms with Gasteiger partial charge in [0, 0.05) is 5.75 Å². The molecule has 1 atom stereocenters. The predicted molar refractivity (Wildman–Crippen MR) is 71.6 cm³/mol. The van der Waals surface area contributed by atoms with E-state index in [9.17, 15) is 8.76 Å². The van der Waals surface area contributed by atoms with Crippen LogP contribution in [-0.2, 0) is 23.3 Å². The number of hydrogen-bond acceptors (Lipinski definition) is 2. The molecular weight excluding hydrogens is 232 g/mol. The molecule has 1 aromatic rings. The van der Waals surface area contributed by atoms with Crippen molar-refractivity contribution in [1.29, 1.82) is 0 Å². The summed E-state index contributed by atoms with van der Waals surface area (Å²) in [5.74, 6) is 0.149. The van der Waals surface area contributed by atoms with Gasteiger partial charge in [-0.05, 0) is 36.5 Å². The van der Waals surface area contributed by atoms with Crippen LogP contribution in [0.15, 0.2) is 18.2 Å². The molecule has 0 radical (unpaired) electrons. The van der Waals surface area contributed by atoms with Gasteiger partial charge in [-0.25, -0.2) is 0 Å². The molecule has 1 aromatic carbocycles. The summed E-state index contributed by atoms with van der Waals surface area (Å²) < 4.78 is 21.7. The molecule has 3 heteroatoms. The summed E-state index contributed by atoms with van der Waals surface area (Å²) in [6, 6.07) is 6.06. The second kappa shape index (κ2) is 7.62. The molecule has 0 saturated carbocycles. The maximum Gasteiger partial charge on any atom is 0.0358 e. The predicted octanol–water partition coefficient (Wildman–Crippen LogP) is 3.50. The van der Waals surface area contributed by atoms with Crippen molar-refractivity contribution in [2.45, 2.75) is 51.7 Å². The highest BCUT2D eigenvalue weighted by Crippen LogP contribution is 2.18. The van der Waals surface area contributed by atoms with Crippen LogP contribution in [0.3, 0.4) is 0 Å². The SMILES string of the molecule is CCCCCCc1cccc(C)c1CS(=O)[O-]. The molecule has 0 N–H and O–H groups in total. The van der Waals surface area contributed by atoms with E-state index in [1.54, 1.807) is 0 Å². The van der Waals surface area contributed by atoms with Crippen molar-refractivity contribution in [3.8, 4) is 0 Å². The molecule has 1 rings (SSSR count). The lowest BCUT2D eigenvalue weighted by Crippen LogP contribution is -2.02. The van der Waals surface area contributed by atoms with E-state index in [4.69, 9.17) is 0 Å². The maximum absolute atomic E-state index is 10.8. The molecule has 0 aliphatic heterocycles. The van der Waals surface area contributed by atoms with Crippen molar-refractivity contribution in [3.63, 3.8) is 0 Å². The molecule has 0 fully saturated rings. The van der Waals surface area contributed by atoms with Crippen LogP contribution in [0, 0.1) is 6.92 Å². The normalized spacial score (nSPS) is 12.6. The zero-order valence-corrected chi connectivity index (χ0v) is 11.5. The third kappa shape index (κ3) is 5.00. The summed E-state index contributed by atoms with van der Waals surface area (Å²) in [5, 5.41) is 0. The minimum atomic E-state index is -2.00. The van der Waals surface area contributed by atoms with Gasteiger partial charge in [-0.1, -0.05) is 55.5 Å². The molecular formula is C14H21O2S-. The fourth-order valence-electron chi connectivity index (χ4n) is 2.06. The van der Waals surface area contributed by atoms with Gasteiger partial charge in [-0.15, -0.1) is 0 Å². The first-order chi connectivity index (χ1) is 8.15. The lowest BCUT2D eigenvalue weighted by Gasteiger charge is -2.14. The molecule has 0 heterocycles. The van der Waals surface area contributed by atoms with Gasteiger partial charge in [0.2, 0.25) is 0 Å². The molecule has 0 spiro atoms. The van der Waals surface area contributed by atoms with Crippen LogP contribution in [0.1, 0.15) is 49.3 Å². The zero-order chi connectivity index (χ0) is 12.7. The average Bonchev–Trinajstić information content (AvgIpc) is 2.28. The molecule has 0 aliphatic carbocycles. The van der Waals surface area contributed by atoms with Crippen LogP contribution in [-0.4, -0.2) is 8.76 Å². The molecule has 0 bridgehead atoms. The largest absolute Gasteiger partial charge is 0.772 e. The van der Waals surface area contributed by atoms with Gasteiger partial charge >= 0.3 is 0 Å². The van der Waals surface area contributed by atoms with Crippen molar-refractivity contribution in [2.75, 3.05) is 0 Å². The number of unbranched alkanes of at least 4 members (excludes halogenated alkanes) is 3. The number of aryl methyl sites for hydroxylation is 2. The highest BCUT2D eigenvalue weighted by atomic mass is 32.2. The van der Waals surface area contributed by atoms with E-state index in [-0.39, 0.29) is 5.75 Å². The van der Waals surface area contributed by atoms with Crippen LogP contribution in [0.2, 0.25) is 0 Å². The van der Waals surface area contributed by atoms with Crippen molar-refractivity contribution >= 4 is 11.1 Å². The molecule has 17 heavy (non-hydrogen) atoms.